The summed E-state index contributed by atoms with van der Waals surface area (Å²) in [5.41, 5.74) is 4.32. The summed E-state index contributed by atoms with van der Waals surface area (Å²) in [6, 6.07) is 13.5. The molecule has 15 heteroatoms. The topological polar surface area (TPSA) is 152 Å². The van der Waals surface area contributed by atoms with Crippen LogP contribution in [-0.4, -0.2) is 80.3 Å². The first-order valence-electron chi connectivity index (χ1n) is 17.8. The molecular weight excluding hydrogens is 659 g/mol. The number of hydrogen-bond donors (Lipinski definition) is 2. The number of anilines is 2. The van der Waals surface area contributed by atoms with Crippen molar-refractivity contribution in [3.8, 4) is 0 Å². The van der Waals surface area contributed by atoms with Crippen molar-refractivity contribution in [3.05, 3.63) is 59.9 Å². The first-order valence-corrected chi connectivity index (χ1v) is 18.8. The molecule has 0 aliphatic carbocycles. The van der Waals surface area contributed by atoms with Gasteiger partial charge >= 0.3 is 14.3 Å². The van der Waals surface area contributed by atoms with Crippen LogP contribution < -0.4 is 20.0 Å². The number of carbonyl (C=O) groups excluding carboxylic acids is 1. The SMILES string of the molecule is CC(C)(C)OC(=O)N1CCCC[C@H]1c1cc2ccc(N3CCC3)nn2c1.O=[P+]([O-])OO.[HH].c1cc2cc([C@@H]3CCCCN3)cn2nc1N1CCC1. The van der Waals surface area contributed by atoms with Gasteiger partial charge < -0.3 is 29.6 Å². The molecule has 1 amide bonds. The van der Waals surface area contributed by atoms with E-state index in [0.29, 0.717) is 6.04 Å². The molecule has 0 bridgehead atoms. The molecule has 3 atom stereocenters. The zero-order valence-electron chi connectivity index (χ0n) is 29.2. The third kappa shape index (κ3) is 8.91. The second kappa shape index (κ2) is 16.0. The second-order valence-electron chi connectivity index (χ2n) is 14.3. The lowest BCUT2D eigenvalue weighted by Gasteiger charge is -2.36. The number of piperidine rings is 2. The van der Waals surface area contributed by atoms with E-state index < -0.39 is 13.9 Å². The van der Waals surface area contributed by atoms with Crippen LogP contribution in [0.25, 0.3) is 11.0 Å². The van der Waals surface area contributed by atoms with Crippen LogP contribution in [0.15, 0.2) is 48.8 Å². The van der Waals surface area contributed by atoms with Gasteiger partial charge in [0.25, 0.3) is 0 Å². The van der Waals surface area contributed by atoms with Crippen molar-refractivity contribution >= 4 is 37.0 Å². The molecule has 4 aliphatic rings. The highest BCUT2D eigenvalue weighted by Gasteiger charge is 2.32. The number of hydrogen-bond acceptors (Lipinski definition) is 11. The number of nitrogens with zero attached hydrogens (tertiary/aromatic N) is 7. The van der Waals surface area contributed by atoms with E-state index in [2.05, 4.69) is 68.6 Å². The Hall–Kier alpha value is -3.81. The normalized spacial score (nSPS) is 21.0. The molecule has 0 aromatic carbocycles. The molecule has 0 saturated carbocycles. The number of likely N-dealkylation sites (tertiary alicyclic amines) is 1. The molecule has 14 nitrogen and oxygen atoms in total. The summed E-state index contributed by atoms with van der Waals surface area (Å²) in [6.07, 6.45) is 13.6. The Morgan fingerprint density at radius 3 is 1.92 bits per heavy atom. The molecule has 4 aliphatic heterocycles. The highest BCUT2D eigenvalue weighted by Crippen LogP contribution is 2.34. The summed E-state index contributed by atoms with van der Waals surface area (Å²) in [4.78, 5) is 28.1. The zero-order chi connectivity index (χ0) is 35.3. The molecule has 8 rings (SSSR count). The van der Waals surface area contributed by atoms with Gasteiger partial charge in [-0.25, -0.2) is 19.1 Å². The Morgan fingerprint density at radius 2 is 1.42 bits per heavy atom. The average Bonchev–Trinajstić information content (AvgIpc) is 3.68. The molecule has 0 radical (unpaired) electrons. The van der Waals surface area contributed by atoms with Crippen molar-refractivity contribution in [1.82, 2.24) is 29.4 Å². The molecule has 4 fully saturated rings. The van der Waals surface area contributed by atoms with E-state index in [1.54, 1.807) is 0 Å². The first-order chi connectivity index (χ1) is 24.1. The number of aromatic nitrogens is 4. The summed E-state index contributed by atoms with van der Waals surface area (Å²) in [7, 11) is -3.04. The molecule has 50 heavy (non-hydrogen) atoms. The maximum absolute atomic E-state index is 12.7. The van der Waals surface area contributed by atoms with Crippen molar-refractivity contribution in [2.45, 2.75) is 89.8 Å². The third-order valence-electron chi connectivity index (χ3n) is 9.58. The van der Waals surface area contributed by atoms with E-state index in [4.69, 9.17) is 29.6 Å². The Morgan fingerprint density at radius 1 is 0.860 bits per heavy atom. The number of fused-ring (bicyclic) bond motifs is 2. The first kappa shape index (κ1) is 36.0. The van der Waals surface area contributed by atoms with Gasteiger partial charge in [0.1, 0.15) is 17.2 Å². The molecule has 272 valence electrons. The van der Waals surface area contributed by atoms with Crippen molar-refractivity contribution < 1.29 is 30.3 Å². The number of ether oxygens (including phenoxy) is 1. The van der Waals surface area contributed by atoms with Crippen LogP contribution in [0.1, 0.15) is 96.8 Å². The van der Waals surface area contributed by atoms with E-state index >= 15 is 0 Å². The monoisotopic (exact) mass is 710 g/mol. The fraction of sp³-hybridized carbons (Fsp3) is 0.571. The smallest absolute Gasteiger partial charge is 0.521 e. The standard InChI is InChI=1S/C20H28N4O2.C15H20N4.HO4P.H2/c1-20(2,3)26-19(25)23-12-5-4-7-17(23)15-13-16-8-9-18(21-24(16)14-15)22-10-6-11-22;1-2-7-16-14(4-1)12-10-13-5-6-15(17-19(13)11-12)18-8-3-9-18;1-4-5(2)3;/h8-9,13-14,17H,4-7,10-12H2,1-3H3;5-6,10-11,14,16H,1-4,7-9H2;1H;1H/t17-;14-;;/m00../s1. The largest absolute Gasteiger partial charge is 0.565 e. The van der Waals surface area contributed by atoms with Gasteiger partial charge in [0.15, 0.2) is 0 Å². The van der Waals surface area contributed by atoms with Crippen LogP contribution in [0.5, 0.6) is 0 Å². The summed E-state index contributed by atoms with van der Waals surface area (Å²) in [5.74, 6) is 2.14. The minimum Gasteiger partial charge on any atom is -0.565 e. The quantitative estimate of drug-likeness (QED) is 0.140. The fourth-order valence-electron chi connectivity index (χ4n) is 6.76. The van der Waals surface area contributed by atoms with Crippen LogP contribution in [-0.2, 0) is 14.0 Å². The van der Waals surface area contributed by atoms with E-state index in [9.17, 15) is 4.79 Å². The summed E-state index contributed by atoms with van der Waals surface area (Å²) in [6.45, 7) is 12.1. The lowest BCUT2D eigenvalue weighted by Crippen LogP contribution is -2.41. The highest BCUT2D eigenvalue weighted by atomic mass is 31.1. The predicted molar refractivity (Wildman–Crippen MR) is 192 cm³/mol. The molecule has 0 spiro atoms. The number of nitrogens with one attached hydrogen (secondary N) is 1. The van der Waals surface area contributed by atoms with E-state index in [1.807, 2.05) is 34.7 Å². The predicted octanol–water partition coefficient (Wildman–Crippen LogP) is 6.11. The van der Waals surface area contributed by atoms with Gasteiger partial charge in [0.2, 0.25) is 0 Å². The van der Waals surface area contributed by atoms with Gasteiger partial charge in [-0.15, -0.1) is 0 Å². The van der Waals surface area contributed by atoms with Gasteiger partial charge in [0, 0.05) is 57.3 Å². The van der Waals surface area contributed by atoms with E-state index in [-0.39, 0.29) is 13.6 Å². The van der Waals surface area contributed by atoms with Gasteiger partial charge in [-0.3, -0.25) is 0 Å². The molecule has 4 aromatic rings. The van der Waals surface area contributed by atoms with Crippen LogP contribution >= 0.6 is 8.25 Å². The van der Waals surface area contributed by atoms with E-state index in [1.165, 1.54) is 43.2 Å². The van der Waals surface area contributed by atoms with Crippen LogP contribution in [0.3, 0.4) is 0 Å². The summed E-state index contributed by atoms with van der Waals surface area (Å²) < 4.78 is 21.3. The Balaban J connectivity index is 0.000000177. The molecule has 8 heterocycles. The summed E-state index contributed by atoms with van der Waals surface area (Å²) >= 11 is 0. The lowest BCUT2D eigenvalue weighted by molar-refractivity contribution is -0.244. The van der Waals surface area contributed by atoms with Crippen molar-refractivity contribution in [2.24, 2.45) is 0 Å². The lowest BCUT2D eigenvalue weighted by atomic mass is 9.97. The minimum atomic E-state index is -3.04. The Kier molecular flexibility index (Phi) is 11.5. The molecular formula is C35H51N8O6P. The fourth-order valence-corrected chi connectivity index (χ4v) is 6.76. The zero-order valence-corrected chi connectivity index (χ0v) is 30.1. The second-order valence-corrected chi connectivity index (χ2v) is 15.0. The summed E-state index contributed by atoms with van der Waals surface area (Å²) in [5, 5.41) is 20.1. The van der Waals surface area contributed by atoms with E-state index in [0.717, 1.165) is 81.2 Å². The van der Waals surface area contributed by atoms with Crippen LogP contribution in [0.2, 0.25) is 0 Å². The highest BCUT2D eigenvalue weighted by molar-refractivity contribution is 7.30. The number of carbonyl (C=O) groups is 1. The third-order valence-corrected chi connectivity index (χ3v) is 9.72. The van der Waals surface area contributed by atoms with Gasteiger partial charge in [-0.2, -0.15) is 10.2 Å². The van der Waals surface area contributed by atoms with Crippen LogP contribution in [0, 0.1) is 0 Å². The molecule has 4 aromatic heterocycles. The van der Waals surface area contributed by atoms with Crippen molar-refractivity contribution in [2.75, 3.05) is 49.1 Å². The Bertz CT molecular complexity index is 1770. The minimum absolute atomic E-state index is 0. The Labute approximate surface area is 295 Å². The van der Waals surface area contributed by atoms with Crippen molar-refractivity contribution in [3.63, 3.8) is 0 Å². The molecule has 2 N–H and O–H groups in total. The molecule has 1 unspecified atom stereocenters. The van der Waals surface area contributed by atoms with Gasteiger partial charge in [0.05, 0.1) is 17.1 Å². The van der Waals surface area contributed by atoms with Crippen LogP contribution in [0.4, 0.5) is 16.4 Å². The number of amides is 1. The van der Waals surface area contributed by atoms with Gasteiger partial charge in [-0.05, 0) is 124 Å². The van der Waals surface area contributed by atoms with Crippen molar-refractivity contribution in [1.29, 1.82) is 0 Å². The maximum Gasteiger partial charge on any atom is 0.521 e. The number of rotatable bonds is 5. The average molecular weight is 711 g/mol. The molecule has 4 saturated heterocycles. The van der Waals surface area contributed by atoms with Gasteiger partial charge in [-0.1, -0.05) is 6.42 Å². The maximum atomic E-state index is 12.7.